The molecular formula is C17H20ClN3O. The van der Waals surface area contributed by atoms with Gasteiger partial charge >= 0.3 is 0 Å². The molecule has 2 aromatic rings. The zero-order chi connectivity index (χ0) is 15.7. The third kappa shape index (κ3) is 2.88. The van der Waals surface area contributed by atoms with Crippen molar-refractivity contribution < 1.29 is 4.79 Å². The van der Waals surface area contributed by atoms with Crippen LogP contribution in [0.4, 0.5) is 0 Å². The third-order valence-corrected chi connectivity index (χ3v) is 4.54. The van der Waals surface area contributed by atoms with Gasteiger partial charge in [-0.05, 0) is 31.9 Å². The fraction of sp³-hybridized carbons (Fsp3) is 0.412. The molecule has 1 atom stereocenters. The molecule has 0 N–H and O–H groups in total. The van der Waals surface area contributed by atoms with Crippen LogP contribution in [0, 0.1) is 0 Å². The molecule has 22 heavy (non-hydrogen) atoms. The van der Waals surface area contributed by atoms with Crippen molar-refractivity contribution in [3.63, 3.8) is 0 Å². The molecular weight excluding hydrogens is 298 g/mol. The van der Waals surface area contributed by atoms with Crippen LogP contribution in [0.2, 0.25) is 5.02 Å². The first kappa shape index (κ1) is 15.1. The van der Waals surface area contributed by atoms with E-state index in [9.17, 15) is 4.79 Å². The summed E-state index contributed by atoms with van der Waals surface area (Å²) in [5, 5.41) is 5.03. The highest BCUT2D eigenvalue weighted by Gasteiger charge is 2.29. The minimum Gasteiger partial charge on any atom is -0.338 e. The summed E-state index contributed by atoms with van der Waals surface area (Å²) in [7, 11) is 0. The quantitative estimate of drug-likeness (QED) is 0.864. The Morgan fingerprint density at radius 2 is 2.14 bits per heavy atom. The second-order valence-corrected chi connectivity index (χ2v) is 6.47. The second kappa shape index (κ2) is 6.13. The lowest BCUT2D eigenvalue weighted by molar-refractivity contribution is 0.0790. The van der Waals surface area contributed by atoms with E-state index >= 15 is 0 Å². The van der Waals surface area contributed by atoms with E-state index in [0.29, 0.717) is 11.5 Å². The maximum absolute atomic E-state index is 12.6. The van der Waals surface area contributed by atoms with Gasteiger partial charge in [0.2, 0.25) is 0 Å². The van der Waals surface area contributed by atoms with E-state index in [1.54, 1.807) is 6.20 Å². The van der Waals surface area contributed by atoms with Gasteiger partial charge in [0, 0.05) is 36.3 Å². The molecule has 1 aromatic carbocycles. The third-order valence-electron chi connectivity index (χ3n) is 4.20. The molecule has 116 valence electrons. The van der Waals surface area contributed by atoms with Gasteiger partial charge in [0.25, 0.3) is 5.91 Å². The molecule has 1 unspecified atom stereocenters. The molecule has 1 amide bonds. The topological polar surface area (TPSA) is 38.1 Å². The highest BCUT2D eigenvalue weighted by atomic mass is 35.5. The van der Waals surface area contributed by atoms with Crippen molar-refractivity contribution >= 4 is 17.5 Å². The number of aromatic nitrogens is 2. The molecule has 0 saturated carbocycles. The fourth-order valence-corrected chi connectivity index (χ4v) is 3.21. The lowest BCUT2D eigenvalue weighted by Crippen LogP contribution is -2.28. The zero-order valence-corrected chi connectivity index (χ0v) is 13.6. The van der Waals surface area contributed by atoms with E-state index in [4.69, 9.17) is 11.6 Å². The number of likely N-dealkylation sites (tertiary alicyclic amines) is 1. The van der Waals surface area contributed by atoms with E-state index in [1.165, 1.54) is 0 Å². The molecule has 4 nitrogen and oxygen atoms in total. The molecule has 1 aromatic heterocycles. The Kier molecular flexibility index (Phi) is 4.21. The smallest absolute Gasteiger partial charge is 0.257 e. The first-order chi connectivity index (χ1) is 10.6. The molecule has 0 aliphatic carbocycles. The number of carbonyl (C=O) groups is 1. The maximum atomic E-state index is 12.6. The average Bonchev–Trinajstić information content (AvgIpc) is 3.17. The summed E-state index contributed by atoms with van der Waals surface area (Å²) in [5.41, 5.74) is 1.80. The van der Waals surface area contributed by atoms with Crippen molar-refractivity contribution in [1.29, 1.82) is 0 Å². The van der Waals surface area contributed by atoms with Gasteiger partial charge < -0.3 is 4.90 Å². The van der Waals surface area contributed by atoms with Crippen LogP contribution >= 0.6 is 11.6 Å². The Bertz CT molecular complexity index is 680. The van der Waals surface area contributed by atoms with Gasteiger partial charge in [0.1, 0.15) is 0 Å². The molecule has 3 rings (SSSR count). The van der Waals surface area contributed by atoms with Gasteiger partial charge in [0.15, 0.2) is 0 Å². The predicted molar refractivity (Wildman–Crippen MR) is 87.3 cm³/mol. The number of hydrogen-bond donors (Lipinski definition) is 0. The molecule has 1 fully saturated rings. The van der Waals surface area contributed by atoms with E-state index in [-0.39, 0.29) is 11.9 Å². The van der Waals surface area contributed by atoms with Crippen LogP contribution < -0.4 is 0 Å². The summed E-state index contributed by atoms with van der Waals surface area (Å²) >= 11 is 6.27. The van der Waals surface area contributed by atoms with Crippen LogP contribution in [-0.2, 0) is 0 Å². The Morgan fingerprint density at radius 3 is 2.82 bits per heavy atom. The maximum Gasteiger partial charge on any atom is 0.257 e. The number of amides is 1. The molecule has 5 heteroatoms. The number of halogens is 1. The van der Waals surface area contributed by atoms with Crippen molar-refractivity contribution in [3.8, 4) is 0 Å². The Labute approximate surface area is 135 Å². The Balaban J connectivity index is 1.72. The number of rotatable bonds is 3. The van der Waals surface area contributed by atoms with Gasteiger partial charge in [-0.15, -0.1) is 0 Å². The van der Waals surface area contributed by atoms with Crippen LogP contribution in [0.5, 0.6) is 0 Å². The predicted octanol–water partition coefficient (Wildman–Crippen LogP) is 3.75. The molecule has 1 aliphatic rings. The van der Waals surface area contributed by atoms with Gasteiger partial charge in [-0.1, -0.05) is 29.8 Å². The summed E-state index contributed by atoms with van der Waals surface area (Å²) in [6.07, 6.45) is 4.44. The summed E-state index contributed by atoms with van der Waals surface area (Å²) < 4.78 is 1.81. The zero-order valence-electron chi connectivity index (χ0n) is 12.9. The standard InChI is InChI=1S/C17H20ClN3O/c1-12(2)21-11-14(9-19-21)17(22)20-8-7-13(10-20)15-5-3-4-6-16(15)18/h3-6,9,11-13H,7-8,10H2,1-2H3. The van der Waals surface area contributed by atoms with Gasteiger partial charge in [0.05, 0.1) is 11.8 Å². The van der Waals surface area contributed by atoms with E-state index in [2.05, 4.69) is 11.2 Å². The van der Waals surface area contributed by atoms with Crippen molar-refractivity contribution in [1.82, 2.24) is 14.7 Å². The van der Waals surface area contributed by atoms with Gasteiger partial charge in [-0.2, -0.15) is 5.10 Å². The van der Waals surface area contributed by atoms with Gasteiger partial charge in [-0.3, -0.25) is 9.48 Å². The monoisotopic (exact) mass is 317 g/mol. The Morgan fingerprint density at radius 1 is 1.36 bits per heavy atom. The van der Waals surface area contributed by atoms with Crippen molar-refractivity contribution in [3.05, 3.63) is 52.8 Å². The first-order valence-corrected chi connectivity index (χ1v) is 8.02. The number of benzene rings is 1. The van der Waals surface area contributed by atoms with Gasteiger partial charge in [-0.25, -0.2) is 0 Å². The lowest BCUT2D eigenvalue weighted by atomic mass is 9.98. The van der Waals surface area contributed by atoms with Crippen molar-refractivity contribution in [2.75, 3.05) is 13.1 Å². The van der Waals surface area contributed by atoms with Crippen molar-refractivity contribution in [2.24, 2.45) is 0 Å². The molecule has 0 spiro atoms. The minimum atomic E-state index is 0.0569. The summed E-state index contributed by atoms with van der Waals surface area (Å²) in [6.45, 7) is 5.58. The summed E-state index contributed by atoms with van der Waals surface area (Å²) in [6, 6.07) is 8.16. The molecule has 1 saturated heterocycles. The average molecular weight is 318 g/mol. The SMILES string of the molecule is CC(C)n1cc(C(=O)N2CCC(c3ccccc3Cl)C2)cn1. The first-order valence-electron chi connectivity index (χ1n) is 7.64. The molecule has 0 bridgehead atoms. The van der Waals surface area contributed by atoms with E-state index < -0.39 is 0 Å². The summed E-state index contributed by atoms with van der Waals surface area (Å²) in [4.78, 5) is 14.5. The largest absolute Gasteiger partial charge is 0.338 e. The minimum absolute atomic E-state index is 0.0569. The highest BCUT2D eigenvalue weighted by Crippen LogP contribution is 2.32. The second-order valence-electron chi connectivity index (χ2n) is 6.06. The number of nitrogens with zero attached hydrogens (tertiary/aromatic N) is 3. The molecule has 0 radical (unpaired) electrons. The van der Waals surface area contributed by atoms with E-state index in [1.807, 2.05) is 47.8 Å². The van der Waals surface area contributed by atoms with Crippen LogP contribution in [0.1, 0.15) is 48.1 Å². The lowest BCUT2D eigenvalue weighted by Gasteiger charge is -2.16. The Hall–Kier alpha value is -1.81. The summed E-state index contributed by atoms with van der Waals surface area (Å²) in [5.74, 6) is 0.374. The van der Waals surface area contributed by atoms with Crippen LogP contribution in [-0.4, -0.2) is 33.7 Å². The van der Waals surface area contributed by atoms with Crippen LogP contribution in [0.25, 0.3) is 0 Å². The number of carbonyl (C=O) groups excluding carboxylic acids is 1. The van der Waals surface area contributed by atoms with E-state index in [0.717, 1.165) is 30.1 Å². The molecule has 1 aliphatic heterocycles. The number of hydrogen-bond acceptors (Lipinski definition) is 2. The molecule has 2 heterocycles. The highest BCUT2D eigenvalue weighted by molar-refractivity contribution is 6.31. The van der Waals surface area contributed by atoms with Crippen LogP contribution in [0.3, 0.4) is 0 Å². The normalized spacial score (nSPS) is 18.2. The van der Waals surface area contributed by atoms with Crippen LogP contribution in [0.15, 0.2) is 36.7 Å². The van der Waals surface area contributed by atoms with Crippen molar-refractivity contribution in [2.45, 2.75) is 32.2 Å². The fourth-order valence-electron chi connectivity index (χ4n) is 2.92.